The molecule has 148 valence electrons. The standard InChI is InChI=1S/C23H28N2O3/c1-23(2,3)28-22(27)25-15-13-19(14-16-25)24-21(26)12-11-18-9-6-8-17-7-4-5-10-20(17)18/h4-12,19H,13-16H2,1-3H3,(H,24,26)/b12-11+. The lowest BCUT2D eigenvalue weighted by Gasteiger charge is -2.33. The van der Waals surface area contributed by atoms with Crippen molar-refractivity contribution in [3.05, 3.63) is 54.1 Å². The van der Waals surface area contributed by atoms with Gasteiger partial charge in [-0.05, 0) is 56.0 Å². The number of likely N-dealkylation sites (tertiary alicyclic amines) is 1. The Morgan fingerprint density at radius 1 is 1.07 bits per heavy atom. The van der Waals surface area contributed by atoms with Crippen LogP contribution in [0, 0.1) is 0 Å². The van der Waals surface area contributed by atoms with Crippen molar-refractivity contribution < 1.29 is 14.3 Å². The number of benzene rings is 2. The van der Waals surface area contributed by atoms with E-state index in [9.17, 15) is 9.59 Å². The number of amides is 2. The van der Waals surface area contributed by atoms with Crippen LogP contribution in [0.4, 0.5) is 4.79 Å². The molecule has 1 aliphatic heterocycles. The van der Waals surface area contributed by atoms with Gasteiger partial charge in [0.2, 0.25) is 5.91 Å². The molecule has 0 aromatic heterocycles. The third-order valence-corrected chi connectivity index (χ3v) is 4.73. The lowest BCUT2D eigenvalue weighted by atomic mass is 10.0. The van der Waals surface area contributed by atoms with Crippen LogP contribution in [0.3, 0.4) is 0 Å². The molecule has 0 spiro atoms. The van der Waals surface area contributed by atoms with Crippen molar-refractivity contribution >= 4 is 28.8 Å². The number of piperidine rings is 1. The molecule has 1 N–H and O–H groups in total. The second-order valence-electron chi connectivity index (χ2n) is 8.15. The maximum absolute atomic E-state index is 12.3. The Balaban J connectivity index is 1.52. The first kappa shape index (κ1) is 19.9. The first-order chi connectivity index (χ1) is 13.3. The molecular weight excluding hydrogens is 352 g/mol. The van der Waals surface area contributed by atoms with Crippen molar-refractivity contribution in [1.82, 2.24) is 10.2 Å². The minimum Gasteiger partial charge on any atom is -0.444 e. The third-order valence-electron chi connectivity index (χ3n) is 4.73. The minimum atomic E-state index is -0.492. The Morgan fingerprint density at radius 2 is 1.75 bits per heavy atom. The van der Waals surface area contributed by atoms with Gasteiger partial charge in [0.25, 0.3) is 0 Å². The van der Waals surface area contributed by atoms with Gasteiger partial charge in [0.15, 0.2) is 0 Å². The van der Waals surface area contributed by atoms with Gasteiger partial charge in [-0.2, -0.15) is 0 Å². The summed E-state index contributed by atoms with van der Waals surface area (Å²) in [7, 11) is 0. The van der Waals surface area contributed by atoms with Crippen LogP contribution in [-0.4, -0.2) is 41.6 Å². The average Bonchev–Trinajstić information content (AvgIpc) is 2.65. The van der Waals surface area contributed by atoms with E-state index in [0.29, 0.717) is 13.1 Å². The first-order valence-corrected chi connectivity index (χ1v) is 9.76. The third kappa shape index (κ3) is 5.35. The monoisotopic (exact) mass is 380 g/mol. The van der Waals surface area contributed by atoms with E-state index in [1.165, 1.54) is 0 Å². The van der Waals surface area contributed by atoms with Gasteiger partial charge in [-0.1, -0.05) is 42.5 Å². The molecule has 3 rings (SSSR count). The summed E-state index contributed by atoms with van der Waals surface area (Å²) in [4.78, 5) is 26.1. The van der Waals surface area contributed by atoms with Crippen molar-refractivity contribution in [2.24, 2.45) is 0 Å². The molecule has 0 aliphatic carbocycles. The molecule has 0 saturated carbocycles. The molecule has 2 amide bonds. The lowest BCUT2D eigenvalue weighted by Crippen LogP contribution is -2.47. The fraction of sp³-hybridized carbons (Fsp3) is 0.391. The molecule has 5 heteroatoms. The van der Waals surface area contributed by atoms with Crippen LogP contribution in [0.15, 0.2) is 48.5 Å². The van der Waals surface area contributed by atoms with Crippen LogP contribution in [0.2, 0.25) is 0 Å². The van der Waals surface area contributed by atoms with Gasteiger partial charge >= 0.3 is 6.09 Å². The van der Waals surface area contributed by atoms with Gasteiger partial charge in [0.05, 0.1) is 0 Å². The zero-order valence-corrected chi connectivity index (χ0v) is 16.8. The SMILES string of the molecule is CC(C)(C)OC(=O)N1CCC(NC(=O)/C=C/c2cccc3ccccc23)CC1. The minimum absolute atomic E-state index is 0.0726. The van der Waals surface area contributed by atoms with Crippen molar-refractivity contribution in [1.29, 1.82) is 0 Å². The fourth-order valence-corrected chi connectivity index (χ4v) is 3.34. The average molecular weight is 380 g/mol. The molecule has 2 aromatic carbocycles. The molecule has 1 heterocycles. The highest BCUT2D eigenvalue weighted by atomic mass is 16.6. The first-order valence-electron chi connectivity index (χ1n) is 9.76. The summed E-state index contributed by atoms with van der Waals surface area (Å²) in [6, 6.07) is 14.3. The Hall–Kier alpha value is -2.82. The normalized spacial score (nSPS) is 15.8. The zero-order valence-electron chi connectivity index (χ0n) is 16.8. The van der Waals surface area contributed by atoms with Crippen LogP contribution in [0.25, 0.3) is 16.8 Å². The van der Waals surface area contributed by atoms with E-state index in [2.05, 4.69) is 23.5 Å². The molecule has 1 saturated heterocycles. The summed E-state index contributed by atoms with van der Waals surface area (Å²) >= 11 is 0. The summed E-state index contributed by atoms with van der Waals surface area (Å²) in [5.41, 5.74) is 0.530. The van der Waals surface area contributed by atoms with Crippen LogP contribution in [-0.2, 0) is 9.53 Å². The van der Waals surface area contributed by atoms with E-state index in [1.54, 1.807) is 11.0 Å². The number of fused-ring (bicyclic) bond motifs is 1. The van der Waals surface area contributed by atoms with Crippen LogP contribution < -0.4 is 5.32 Å². The fourth-order valence-electron chi connectivity index (χ4n) is 3.34. The predicted octanol–water partition coefficient (Wildman–Crippen LogP) is 4.37. The van der Waals surface area contributed by atoms with Gasteiger partial charge in [-0.15, -0.1) is 0 Å². The number of carbonyl (C=O) groups excluding carboxylic acids is 2. The summed E-state index contributed by atoms with van der Waals surface area (Å²) in [6.45, 7) is 6.76. The number of carbonyl (C=O) groups is 2. The molecular formula is C23H28N2O3. The number of hydrogen-bond acceptors (Lipinski definition) is 3. The summed E-state index contributed by atoms with van der Waals surface area (Å²) in [5, 5.41) is 5.32. The molecule has 0 radical (unpaired) electrons. The number of rotatable bonds is 3. The zero-order chi connectivity index (χ0) is 20.1. The van der Waals surface area contributed by atoms with E-state index in [0.717, 1.165) is 29.2 Å². The molecule has 28 heavy (non-hydrogen) atoms. The Bertz CT molecular complexity index is 870. The van der Waals surface area contributed by atoms with Crippen LogP contribution >= 0.6 is 0 Å². The number of nitrogens with zero attached hydrogens (tertiary/aromatic N) is 1. The number of hydrogen-bond donors (Lipinski definition) is 1. The van der Waals surface area contributed by atoms with Crippen LogP contribution in [0.5, 0.6) is 0 Å². The molecule has 2 aromatic rings. The Kier molecular flexibility index (Phi) is 6.02. The summed E-state index contributed by atoms with van der Waals surface area (Å²) in [5.74, 6) is -0.108. The van der Waals surface area contributed by atoms with E-state index in [4.69, 9.17) is 4.74 Å². The molecule has 1 aliphatic rings. The second kappa shape index (κ2) is 8.46. The molecule has 0 unspecified atom stereocenters. The molecule has 1 fully saturated rings. The van der Waals surface area contributed by atoms with Gasteiger partial charge in [-0.25, -0.2) is 4.79 Å². The summed E-state index contributed by atoms with van der Waals surface area (Å²) in [6.07, 6.45) is 4.61. The maximum Gasteiger partial charge on any atom is 0.410 e. The van der Waals surface area contributed by atoms with E-state index in [1.807, 2.05) is 51.1 Å². The van der Waals surface area contributed by atoms with Crippen molar-refractivity contribution in [3.8, 4) is 0 Å². The number of ether oxygens (including phenoxy) is 1. The van der Waals surface area contributed by atoms with E-state index < -0.39 is 5.60 Å². The van der Waals surface area contributed by atoms with Crippen molar-refractivity contribution in [2.75, 3.05) is 13.1 Å². The second-order valence-corrected chi connectivity index (χ2v) is 8.15. The number of nitrogens with one attached hydrogen (secondary N) is 1. The summed E-state index contributed by atoms with van der Waals surface area (Å²) < 4.78 is 5.40. The van der Waals surface area contributed by atoms with Gasteiger partial charge in [0.1, 0.15) is 5.60 Å². The van der Waals surface area contributed by atoms with E-state index in [-0.39, 0.29) is 18.0 Å². The maximum atomic E-state index is 12.3. The Labute approximate surface area is 166 Å². The highest BCUT2D eigenvalue weighted by Crippen LogP contribution is 2.20. The van der Waals surface area contributed by atoms with Gasteiger partial charge in [-0.3, -0.25) is 4.79 Å². The highest BCUT2D eigenvalue weighted by molar-refractivity contribution is 5.96. The quantitative estimate of drug-likeness (QED) is 0.805. The Morgan fingerprint density at radius 3 is 2.46 bits per heavy atom. The van der Waals surface area contributed by atoms with E-state index >= 15 is 0 Å². The topological polar surface area (TPSA) is 58.6 Å². The molecule has 5 nitrogen and oxygen atoms in total. The van der Waals surface area contributed by atoms with Gasteiger partial charge < -0.3 is 15.0 Å². The van der Waals surface area contributed by atoms with Crippen molar-refractivity contribution in [2.45, 2.75) is 45.3 Å². The molecule has 0 atom stereocenters. The largest absolute Gasteiger partial charge is 0.444 e. The van der Waals surface area contributed by atoms with Gasteiger partial charge in [0, 0.05) is 25.2 Å². The lowest BCUT2D eigenvalue weighted by molar-refractivity contribution is -0.117. The van der Waals surface area contributed by atoms with Crippen LogP contribution in [0.1, 0.15) is 39.2 Å². The molecule has 0 bridgehead atoms. The predicted molar refractivity (Wildman–Crippen MR) is 112 cm³/mol. The highest BCUT2D eigenvalue weighted by Gasteiger charge is 2.27. The smallest absolute Gasteiger partial charge is 0.410 e. The van der Waals surface area contributed by atoms with Crippen molar-refractivity contribution in [3.63, 3.8) is 0 Å².